The molecule has 0 radical (unpaired) electrons. The van der Waals surface area contributed by atoms with E-state index in [0.29, 0.717) is 0 Å². The summed E-state index contributed by atoms with van der Waals surface area (Å²) in [5, 5.41) is 8.23. The van der Waals surface area contributed by atoms with E-state index in [1.54, 1.807) is 18.0 Å². The van der Waals surface area contributed by atoms with Gasteiger partial charge in [-0.05, 0) is 20.8 Å². The summed E-state index contributed by atoms with van der Waals surface area (Å²) < 4.78 is 1.45. The summed E-state index contributed by atoms with van der Waals surface area (Å²) >= 11 is 8.08. The van der Waals surface area contributed by atoms with Crippen molar-refractivity contribution in [1.82, 2.24) is 9.78 Å². The minimum absolute atomic E-state index is 0.234. The molecule has 0 saturated heterocycles. The van der Waals surface area contributed by atoms with Crippen molar-refractivity contribution >= 4 is 41.8 Å². The van der Waals surface area contributed by atoms with Crippen molar-refractivity contribution in [3.05, 3.63) is 82.2 Å². The molecule has 1 heterocycles. The number of halogens is 1. The molecule has 0 aliphatic carbocycles. The molecule has 0 unspecified atom stereocenters. The molecular weight excluding hydrogens is 404 g/mol. The molecule has 3 aromatic rings. The number of rotatable bonds is 5. The molecule has 3 nitrogen and oxygen atoms in total. The number of hydrogen-bond donors (Lipinski definition) is 0. The Balaban J connectivity index is 1.96. The van der Waals surface area contributed by atoms with Crippen molar-refractivity contribution in [3.8, 4) is 0 Å². The second kappa shape index (κ2) is 8.27. The molecule has 146 valence electrons. The number of hydrogen-bond acceptors (Lipinski definition) is 3. The minimum atomic E-state index is -2.01. The van der Waals surface area contributed by atoms with Crippen LogP contribution in [0.4, 0.5) is 0 Å². The summed E-state index contributed by atoms with van der Waals surface area (Å²) in [7, 11) is -2.01. The van der Waals surface area contributed by atoms with Gasteiger partial charge in [0.25, 0.3) is 5.56 Å². The molecule has 28 heavy (non-hydrogen) atoms. The maximum Gasteiger partial charge on any atom is 0.287 e. The van der Waals surface area contributed by atoms with Crippen LogP contribution in [0.2, 0.25) is 11.6 Å². The van der Waals surface area contributed by atoms with Gasteiger partial charge in [0.2, 0.25) is 0 Å². The van der Waals surface area contributed by atoms with E-state index < -0.39 is 13.6 Å². The molecule has 0 aliphatic heterocycles. The van der Waals surface area contributed by atoms with Gasteiger partial charge in [-0.2, -0.15) is 5.10 Å². The summed E-state index contributed by atoms with van der Waals surface area (Å²) in [6, 6.07) is 21.3. The van der Waals surface area contributed by atoms with Crippen molar-refractivity contribution in [3.63, 3.8) is 0 Å². The summed E-state index contributed by atoms with van der Waals surface area (Å²) in [6.07, 6.45) is 1.73. The fourth-order valence-corrected chi connectivity index (χ4v) is 9.09. The average molecular weight is 429 g/mol. The molecule has 1 aromatic heterocycles. The highest BCUT2D eigenvalue weighted by atomic mass is 35.5. The Kier molecular flexibility index (Phi) is 6.17. The summed E-state index contributed by atoms with van der Waals surface area (Å²) in [5.74, 6) is 0. The number of aromatic nitrogens is 2. The lowest BCUT2D eigenvalue weighted by atomic mass is 10.1. The fourth-order valence-electron chi connectivity index (χ4n) is 3.16. The van der Waals surface area contributed by atoms with E-state index in [0.717, 1.165) is 10.3 Å². The summed E-state index contributed by atoms with van der Waals surface area (Å²) in [6.45, 7) is 8.19. The van der Waals surface area contributed by atoms with Crippen LogP contribution in [0.15, 0.2) is 76.6 Å². The van der Waals surface area contributed by atoms with Gasteiger partial charge >= 0.3 is 0 Å². The van der Waals surface area contributed by atoms with Gasteiger partial charge in [0.1, 0.15) is 13.1 Å². The lowest BCUT2D eigenvalue weighted by Gasteiger charge is -2.28. The van der Waals surface area contributed by atoms with Gasteiger partial charge in [-0.15, -0.1) is 11.8 Å². The van der Waals surface area contributed by atoms with Gasteiger partial charge in [0.05, 0.1) is 16.6 Å². The monoisotopic (exact) mass is 428 g/mol. The number of thioether (sulfide) groups is 1. The van der Waals surface area contributed by atoms with Crippen LogP contribution in [-0.4, -0.2) is 23.2 Å². The molecule has 2 aromatic carbocycles. The molecule has 0 aliphatic rings. The molecule has 0 spiro atoms. The van der Waals surface area contributed by atoms with Crippen LogP contribution in [0.3, 0.4) is 0 Å². The van der Waals surface area contributed by atoms with Crippen LogP contribution < -0.4 is 15.9 Å². The second-order valence-electron chi connectivity index (χ2n) is 8.06. The third kappa shape index (κ3) is 4.27. The Bertz CT molecular complexity index is 961. The first kappa shape index (κ1) is 20.9. The first-order chi connectivity index (χ1) is 13.2. The van der Waals surface area contributed by atoms with E-state index in [4.69, 9.17) is 11.6 Å². The van der Waals surface area contributed by atoms with Crippen LogP contribution in [-0.2, 0) is 5.54 Å². The average Bonchev–Trinajstić information content (AvgIpc) is 2.69. The normalized spacial score (nSPS) is 12.2. The molecule has 0 bridgehead atoms. The maximum absolute atomic E-state index is 12.7. The zero-order chi connectivity index (χ0) is 20.4. The summed E-state index contributed by atoms with van der Waals surface area (Å²) in [5.41, 5.74) is -0.636. The van der Waals surface area contributed by atoms with Crippen LogP contribution in [0.5, 0.6) is 0 Å². The quantitative estimate of drug-likeness (QED) is 0.451. The number of nitrogens with zero attached hydrogens (tertiary/aromatic N) is 2. The Labute approximate surface area is 176 Å². The van der Waals surface area contributed by atoms with Crippen LogP contribution in [0, 0.1) is 0 Å². The summed E-state index contributed by atoms with van der Waals surface area (Å²) in [4.78, 5) is 13.4. The van der Waals surface area contributed by atoms with Gasteiger partial charge in [-0.25, -0.2) is 4.68 Å². The molecule has 0 N–H and O–H groups in total. The van der Waals surface area contributed by atoms with Gasteiger partial charge < -0.3 is 0 Å². The van der Waals surface area contributed by atoms with Crippen molar-refractivity contribution < 1.29 is 0 Å². The largest absolute Gasteiger partial charge is 0.287 e. The zero-order valence-corrected chi connectivity index (χ0v) is 19.2. The Hall–Kier alpha value is -1.82. The lowest BCUT2D eigenvalue weighted by molar-refractivity contribution is 0.336. The molecule has 0 amide bonds. The molecular formula is C22H25ClN2OSSi. The first-order valence-electron chi connectivity index (χ1n) is 9.25. The van der Waals surface area contributed by atoms with E-state index in [1.165, 1.54) is 15.1 Å². The lowest BCUT2D eigenvalue weighted by Crippen LogP contribution is -2.58. The first-order valence-corrected chi connectivity index (χ1v) is 13.3. The Morgan fingerprint density at radius 3 is 1.96 bits per heavy atom. The zero-order valence-electron chi connectivity index (χ0n) is 16.6. The third-order valence-electron chi connectivity index (χ3n) is 4.86. The molecule has 3 rings (SSSR count). The molecule has 0 fully saturated rings. The maximum atomic E-state index is 12.7. The van der Waals surface area contributed by atoms with E-state index in [2.05, 4.69) is 60.2 Å². The molecule has 0 saturated carbocycles. The fraction of sp³-hybridized carbons (Fsp3) is 0.273. The van der Waals surface area contributed by atoms with Gasteiger partial charge in [-0.1, -0.05) is 89.2 Å². The molecule has 0 atom stereocenters. The van der Waals surface area contributed by atoms with Crippen LogP contribution >= 0.6 is 23.4 Å². The predicted octanol–water partition coefficient (Wildman–Crippen LogP) is 4.18. The highest BCUT2D eigenvalue weighted by Gasteiger charge is 2.32. The Morgan fingerprint density at radius 1 is 1.00 bits per heavy atom. The van der Waals surface area contributed by atoms with Crippen LogP contribution in [0.25, 0.3) is 0 Å². The van der Waals surface area contributed by atoms with Gasteiger partial charge in [0, 0.05) is 5.38 Å². The highest BCUT2D eigenvalue weighted by Crippen LogP contribution is 2.27. The van der Waals surface area contributed by atoms with E-state index >= 15 is 0 Å². The highest BCUT2D eigenvalue weighted by molar-refractivity contribution is 8.01. The van der Waals surface area contributed by atoms with Gasteiger partial charge in [-0.3, -0.25) is 4.79 Å². The van der Waals surface area contributed by atoms with Crippen molar-refractivity contribution in [2.24, 2.45) is 0 Å². The SMILES string of the molecule is CC(C)(C)n1ncc(SC[Si](C)(c2ccccc2)c2ccccc2)c(Cl)c1=O. The standard InChI is InChI=1S/C22H25ClN2OSSi/c1-22(2,3)25-21(26)20(23)19(15-24-25)27-16-28(4,17-11-7-5-8-12-17)18-13-9-6-10-14-18/h5-15H,16H2,1-4H3. The Morgan fingerprint density at radius 2 is 1.50 bits per heavy atom. The third-order valence-corrected chi connectivity index (χ3v) is 12.1. The van der Waals surface area contributed by atoms with Crippen LogP contribution in [0.1, 0.15) is 20.8 Å². The van der Waals surface area contributed by atoms with E-state index in [1.807, 2.05) is 32.9 Å². The van der Waals surface area contributed by atoms with Crippen molar-refractivity contribution in [1.29, 1.82) is 0 Å². The van der Waals surface area contributed by atoms with E-state index in [-0.39, 0.29) is 10.6 Å². The number of benzene rings is 2. The predicted molar refractivity (Wildman–Crippen MR) is 123 cm³/mol. The second-order valence-corrected chi connectivity index (χ2v) is 14.1. The van der Waals surface area contributed by atoms with Crippen molar-refractivity contribution in [2.45, 2.75) is 37.8 Å². The topological polar surface area (TPSA) is 34.9 Å². The minimum Gasteiger partial charge on any atom is -0.266 e. The molecule has 6 heteroatoms. The van der Waals surface area contributed by atoms with Gasteiger partial charge in [0.15, 0.2) is 0 Å². The van der Waals surface area contributed by atoms with E-state index in [9.17, 15) is 4.79 Å². The van der Waals surface area contributed by atoms with Crippen molar-refractivity contribution in [2.75, 3.05) is 5.38 Å². The smallest absolute Gasteiger partial charge is 0.266 e.